The third-order valence-electron chi connectivity index (χ3n) is 2.02. The molecule has 19 heavy (non-hydrogen) atoms. The fourth-order valence-electron chi connectivity index (χ4n) is 1.25. The van der Waals surface area contributed by atoms with E-state index >= 15 is 0 Å². The van der Waals surface area contributed by atoms with Crippen LogP contribution in [-0.4, -0.2) is 41.5 Å². The van der Waals surface area contributed by atoms with Crippen molar-refractivity contribution >= 4 is 35.6 Å². The van der Waals surface area contributed by atoms with Crippen molar-refractivity contribution in [1.82, 2.24) is 20.5 Å². The van der Waals surface area contributed by atoms with Gasteiger partial charge < -0.3 is 0 Å². The fraction of sp³-hybridized carbons (Fsp3) is 0.400. The van der Waals surface area contributed by atoms with Crippen molar-refractivity contribution in [2.75, 3.05) is 13.6 Å². The highest BCUT2D eigenvalue weighted by Crippen LogP contribution is 2.24. The molecule has 0 radical (unpaired) electrons. The number of imide groups is 1. The van der Waals surface area contributed by atoms with E-state index in [-0.39, 0.29) is 11.4 Å². The van der Waals surface area contributed by atoms with Crippen molar-refractivity contribution in [1.29, 1.82) is 0 Å². The minimum absolute atomic E-state index is 0.0871. The van der Waals surface area contributed by atoms with E-state index < -0.39 is 23.6 Å². The maximum absolute atomic E-state index is 11.8. The Labute approximate surface area is 114 Å². The molecule has 0 unspecified atom stereocenters. The third kappa shape index (κ3) is 4.07. The molecule has 0 aliphatic carbocycles. The maximum atomic E-state index is 11.8. The summed E-state index contributed by atoms with van der Waals surface area (Å²) in [7, 11) is 1.45. The van der Waals surface area contributed by atoms with Crippen LogP contribution in [0.2, 0.25) is 0 Å². The second kappa shape index (κ2) is 6.90. The van der Waals surface area contributed by atoms with Crippen LogP contribution in [0.4, 0.5) is 0 Å². The Kier molecular flexibility index (Phi) is 5.52. The molecule has 0 aromatic heterocycles. The first kappa shape index (κ1) is 15.2. The topological polar surface area (TPSA) is 108 Å². The van der Waals surface area contributed by atoms with E-state index in [0.29, 0.717) is 6.42 Å². The lowest BCUT2D eigenvalue weighted by Crippen LogP contribution is -2.45. The molecule has 3 N–H and O–H groups in total. The summed E-state index contributed by atoms with van der Waals surface area (Å²) in [6, 6.07) is 0. The molecular weight excluding hydrogens is 272 g/mol. The predicted molar refractivity (Wildman–Crippen MR) is 68.0 cm³/mol. The first-order valence-electron chi connectivity index (χ1n) is 5.53. The largest absolute Gasteiger partial charge is 0.324 e. The highest BCUT2D eigenvalue weighted by atomic mass is 32.2. The molecule has 1 aliphatic heterocycles. The van der Waals surface area contributed by atoms with Gasteiger partial charge in [-0.05, 0) is 18.4 Å². The van der Waals surface area contributed by atoms with Gasteiger partial charge in [0.2, 0.25) is 0 Å². The number of carbonyl (C=O) groups is 4. The van der Waals surface area contributed by atoms with Crippen LogP contribution >= 0.6 is 11.9 Å². The number of hydrogen-bond donors (Lipinski definition) is 3. The molecule has 4 amide bonds. The minimum atomic E-state index is -0.839. The molecule has 104 valence electrons. The monoisotopic (exact) mass is 286 g/mol. The second-order valence-corrected chi connectivity index (χ2v) is 4.59. The maximum Gasteiger partial charge on any atom is 0.324 e. The molecule has 0 aromatic carbocycles. The normalized spacial score (nSPS) is 13.9. The highest BCUT2D eigenvalue weighted by Gasteiger charge is 2.28. The standard InChI is InChI=1S/C10H14N4O4S/c1-3-4-14(10(18)9(17)13-11-2)19-6-5-7(15)12-8(6)16/h5,11H,3-4H2,1-2H3,(H,13,17)(H,12,15,16). The van der Waals surface area contributed by atoms with Crippen molar-refractivity contribution in [3.05, 3.63) is 11.0 Å². The second-order valence-electron chi connectivity index (χ2n) is 3.53. The van der Waals surface area contributed by atoms with Gasteiger partial charge in [0, 0.05) is 19.7 Å². The van der Waals surface area contributed by atoms with Gasteiger partial charge in [-0.25, -0.2) is 5.43 Å². The molecule has 0 spiro atoms. The van der Waals surface area contributed by atoms with Crippen LogP contribution in [0, 0.1) is 0 Å². The van der Waals surface area contributed by atoms with E-state index in [4.69, 9.17) is 0 Å². The van der Waals surface area contributed by atoms with Crippen molar-refractivity contribution < 1.29 is 19.2 Å². The number of carbonyl (C=O) groups excluding carboxylic acids is 4. The third-order valence-corrected chi connectivity index (χ3v) is 3.09. The molecule has 0 aromatic rings. The quantitative estimate of drug-likeness (QED) is 0.250. The number of amides is 4. The molecule has 1 heterocycles. The molecule has 1 rings (SSSR count). The predicted octanol–water partition coefficient (Wildman–Crippen LogP) is -1.34. The lowest BCUT2D eigenvalue weighted by atomic mass is 10.4. The Balaban J connectivity index is 2.75. The summed E-state index contributed by atoms with van der Waals surface area (Å²) in [5, 5.41) is 2.07. The van der Waals surface area contributed by atoms with Crippen LogP contribution in [0.15, 0.2) is 11.0 Å². The van der Waals surface area contributed by atoms with Gasteiger partial charge >= 0.3 is 11.8 Å². The van der Waals surface area contributed by atoms with Crippen molar-refractivity contribution in [3.8, 4) is 0 Å². The number of nitrogens with zero attached hydrogens (tertiary/aromatic N) is 1. The first-order valence-corrected chi connectivity index (χ1v) is 6.30. The number of hydrogen-bond acceptors (Lipinski definition) is 6. The average molecular weight is 286 g/mol. The van der Waals surface area contributed by atoms with Gasteiger partial charge in [0.1, 0.15) is 0 Å². The summed E-state index contributed by atoms with van der Waals surface area (Å²) >= 11 is 0.774. The molecule has 0 fully saturated rings. The molecular formula is C10H14N4O4S. The minimum Gasteiger partial charge on any atom is -0.288 e. The van der Waals surface area contributed by atoms with Crippen LogP contribution in [0.1, 0.15) is 13.3 Å². The zero-order chi connectivity index (χ0) is 14.4. The van der Waals surface area contributed by atoms with E-state index in [1.807, 2.05) is 6.92 Å². The number of hydrazine groups is 1. The zero-order valence-corrected chi connectivity index (χ0v) is 11.3. The Morgan fingerprint density at radius 1 is 1.42 bits per heavy atom. The zero-order valence-electron chi connectivity index (χ0n) is 10.5. The smallest absolute Gasteiger partial charge is 0.288 e. The highest BCUT2D eigenvalue weighted by molar-refractivity contribution is 8.02. The van der Waals surface area contributed by atoms with Crippen molar-refractivity contribution in [3.63, 3.8) is 0 Å². The molecule has 0 saturated heterocycles. The van der Waals surface area contributed by atoms with E-state index in [1.165, 1.54) is 7.05 Å². The molecule has 9 heteroatoms. The van der Waals surface area contributed by atoms with Gasteiger partial charge in [0.15, 0.2) is 0 Å². The first-order chi connectivity index (χ1) is 8.99. The summed E-state index contributed by atoms with van der Waals surface area (Å²) in [5.41, 5.74) is 4.50. The Bertz CT molecular complexity index is 449. The van der Waals surface area contributed by atoms with Crippen molar-refractivity contribution in [2.24, 2.45) is 0 Å². The van der Waals surface area contributed by atoms with Crippen LogP contribution in [0.3, 0.4) is 0 Å². The lowest BCUT2D eigenvalue weighted by Gasteiger charge is -2.19. The van der Waals surface area contributed by atoms with Gasteiger partial charge in [-0.15, -0.1) is 0 Å². The molecule has 0 bridgehead atoms. The van der Waals surface area contributed by atoms with Crippen LogP contribution in [0.25, 0.3) is 0 Å². The summed E-state index contributed by atoms with van der Waals surface area (Å²) in [6.45, 7) is 2.10. The van der Waals surface area contributed by atoms with Gasteiger partial charge in [-0.2, -0.15) is 0 Å². The Morgan fingerprint density at radius 2 is 2.11 bits per heavy atom. The summed E-state index contributed by atoms with van der Waals surface area (Å²) in [6.07, 6.45) is 1.70. The van der Waals surface area contributed by atoms with Gasteiger partial charge in [-0.3, -0.25) is 34.2 Å². The van der Waals surface area contributed by atoms with Gasteiger partial charge in [0.05, 0.1) is 4.91 Å². The molecule has 0 atom stereocenters. The van der Waals surface area contributed by atoms with E-state index in [0.717, 1.165) is 22.3 Å². The van der Waals surface area contributed by atoms with Crippen LogP contribution in [-0.2, 0) is 19.2 Å². The summed E-state index contributed by atoms with van der Waals surface area (Å²) < 4.78 is 1.14. The molecule has 1 aliphatic rings. The van der Waals surface area contributed by atoms with Crippen LogP contribution in [0.5, 0.6) is 0 Å². The van der Waals surface area contributed by atoms with E-state index in [9.17, 15) is 19.2 Å². The Morgan fingerprint density at radius 3 is 2.58 bits per heavy atom. The van der Waals surface area contributed by atoms with Crippen LogP contribution < -0.4 is 16.2 Å². The van der Waals surface area contributed by atoms with E-state index in [2.05, 4.69) is 16.2 Å². The summed E-state index contributed by atoms with van der Waals surface area (Å²) in [4.78, 5) is 45.7. The summed E-state index contributed by atoms with van der Waals surface area (Å²) in [5.74, 6) is -2.74. The van der Waals surface area contributed by atoms with E-state index in [1.54, 1.807) is 0 Å². The SMILES string of the molecule is CCCN(SC1=CC(=O)NC1=O)C(=O)C(=O)NNC. The average Bonchev–Trinajstić information content (AvgIpc) is 2.66. The number of rotatable bonds is 5. The molecule has 8 nitrogen and oxygen atoms in total. The van der Waals surface area contributed by atoms with Crippen molar-refractivity contribution in [2.45, 2.75) is 13.3 Å². The van der Waals surface area contributed by atoms with Gasteiger partial charge in [-0.1, -0.05) is 6.92 Å². The Hall–Kier alpha value is -1.87. The fourth-order valence-corrected chi connectivity index (χ4v) is 2.22. The van der Waals surface area contributed by atoms with Gasteiger partial charge in [0.25, 0.3) is 11.8 Å². The lowest BCUT2D eigenvalue weighted by molar-refractivity contribution is -0.142. The molecule has 0 saturated carbocycles. The number of nitrogens with one attached hydrogen (secondary N) is 3.